The highest BCUT2D eigenvalue weighted by Crippen LogP contribution is 2.23. The number of nitrogens with zero attached hydrogens (tertiary/aromatic N) is 4. The Kier molecular flexibility index (Phi) is 3.70. The van der Waals surface area contributed by atoms with E-state index < -0.39 is 0 Å². The SMILES string of the molecule is CN(CC1CCOCC1)c1nc(Br)cn2ccnc12. The van der Waals surface area contributed by atoms with Crippen LogP contribution in [0.3, 0.4) is 0 Å². The van der Waals surface area contributed by atoms with Crippen LogP contribution >= 0.6 is 15.9 Å². The van der Waals surface area contributed by atoms with Crippen molar-refractivity contribution in [3.05, 3.63) is 23.2 Å². The van der Waals surface area contributed by atoms with Crippen LogP contribution < -0.4 is 4.90 Å². The second-order valence-electron chi connectivity index (χ2n) is 4.98. The number of imidazole rings is 1. The number of ether oxygens (including phenoxy) is 1. The average Bonchev–Trinajstić information content (AvgIpc) is 2.86. The zero-order valence-corrected chi connectivity index (χ0v) is 12.5. The van der Waals surface area contributed by atoms with Crippen LogP contribution in [-0.4, -0.2) is 41.2 Å². The topological polar surface area (TPSA) is 42.7 Å². The summed E-state index contributed by atoms with van der Waals surface area (Å²) in [7, 11) is 2.08. The summed E-state index contributed by atoms with van der Waals surface area (Å²) in [6.45, 7) is 2.75. The van der Waals surface area contributed by atoms with Crippen molar-refractivity contribution in [3.63, 3.8) is 0 Å². The van der Waals surface area contributed by atoms with Gasteiger partial charge in [-0.25, -0.2) is 9.97 Å². The van der Waals surface area contributed by atoms with Crippen molar-refractivity contribution in [3.8, 4) is 0 Å². The third kappa shape index (κ3) is 2.74. The van der Waals surface area contributed by atoms with Gasteiger partial charge in [0.05, 0.1) is 0 Å². The molecule has 0 spiro atoms. The zero-order valence-electron chi connectivity index (χ0n) is 10.9. The van der Waals surface area contributed by atoms with Crippen molar-refractivity contribution in [1.29, 1.82) is 0 Å². The molecular formula is C13H17BrN4O. The summed E-state index contributed by atoms with van der Waals surface area (Å²) in [6.07, 6.45) is 7.92. The maximum absolute atomic E-state index is 5.41. The van der Waals surface area contributed by atoms with Crippen LogP contribution in [0.2, 0.25) is 0 Å². The van der Waals surface area contributed by atoms with Crippen LogP contribution in [0.5, 0.6) is 0 Å². The Balaban J connectivity index is 1.83. The smallest absolute Gasteiger partial charge is 0.180 e. The third-order valence-corrected chi connectivity index (χ3v) is 3.94. The van der Waals surface area contributed by atoms with Crippen LogP contribution in [0, 0.1) is 5.92 Å². The Labute approximate surface area is 120 Å². The van der Waals surface area contributed by atoms with Gasteiger partial charge < -0.3 is 14.0 Å². The maximum atomic E-state index is 5.41. The van der Waals surface area contributed by atoms with Crippen LogP contribution in [0.4, 0.5) is 5.82 Å². The lowest BCUT2D eigenvalue weighted by Crippen LogP contribution is -2.30. The molecule has 1 aliphatic heterocycles. The molecule has 6 heteroatoms. The molecule has 3 rings (SSSR count). The molecule has 1 aliphatic rings. The lowest BCUT2D eigenvalue weighted by atomic mass is 10.00. The average molecular weight is 325 g/mol. The summed E-state index contributed by atoms with van der Waals surface area (Å²) in [5.74, 6) is 1.60. The summed E-state index contributed by atoms with van der Waals surface area (Å²) in [5, 5.41) is 0. The van der Waals surface area contributed by atoms with Gasteiger partial charge in [-0.1, -0.05) is 0 Å². The summed E-state index contributed by atoms with van der Waals surface area (Å²) >= 11 is 3.46. The Bertz CT molecular complexity index is 565. The van der Waals surface area contributed by atoms with Gasteiger partial charge in [-0.15, -0.1) is 0 Å². The minimum absolute atomic E-state index is 0.676. The fourth-order valence-corrected chi connectivity index (χ4v) is 2.93. The Morgan fingerprint density at radius 2 is 2.26 bits per heavy atom. The van der Waals surface area contributed by atoms with Crippen molar-refractivity contribution in [2.75, 3.05) is 31.7 Å². The van der Waals surface area contributed by atoms with E-state index in [1.807, 2.05) is 16.8 Å². The van der Waals surface area contributed by atoms with Gasteiger partial charge in [0.1, 0.15) is 4.60 Å². The lowest BCUT2D eigenvalue weighted by molar-refractivity contribution is 0.0685. The molecule has 0 aromatic carbocycles. The van der Waals surface area contributed by atoms with E-state index >= 15 is 0 Å². The number of anilines is 1. The van der Waals surface area contributed by atoms with E-state index in [0.717, 1.165) is 48.7 Å². The predicted molar refractivity (Wildman–Crippen MR) is 77.5 cm³/mol. The van der Waals surface area contributed by atoms with Gasteiger partial charge in [0.25, 0.3) is 0 Å². The Morgan fingerprint density at radius 3 is 3.05 bits per heavy atom. The molecule has 0 bridgehead atoms. The molecule has 2 aromatic heterocycles. The van der Waals surface area contributed by atoms with E-state index in [1.54, 1.807) is 6.20 Å². The summed E-state index contributed by atoms with van der Waals surface area (Å²) in [6, 6.07) is 0. The number of rotatable bonds is 3. The quantitative estimate of drug-likeness (QED) is 0.869. The molecule has 19 heavy (non-hydrogen) atoms. The van der Waals surface area contributed by atoms with Crippen LogP contribution in [0.15, 0.2) is 23.2 Å². The van der Waals surface area contributed by atoms with E-state index in [2.05, 4.69) is 37.8 Å². The molecule has 0 saturated carbocycles. The molecule has 0 radical (unpaired) electrons. The molecule has 1 saturated heterocycles. The highest BCUT2D eigenvalue weighted by atomic mass is 79.9. The highest BCUT2D eigenvalue weighted by Gasteiger charge is 2.18. The standard InChI is InChI=1S/C13H17BrN4O/c1-17(8-10-2-6-19-7-3-10)13-12-15-4-5-18(12)9-11(14)16-13/h4-5,9-10H,2-3,6-8H2,1H3. The molecule has 0 atom stereocenters. The summed E-state index contributed by atoms with van der Waals surface area (Å²) < 4.78 is 8.22. The minimum Gasteiger partial charge on any atom is -0.381 e. The van der Waals surface area contributed by atoms with E-state index in [0.29, 0.717) is 5.92 Å². The van der Waals surface area contributed by atoms with Gasteiger partial charge in [-0.05, 0) is 34.7 Å². The second-order valence-corrected chi connectivity index (χ2v) is 5.79. The van der Waals surface area contributed by atoms with Crippen molar-refractivity contribution < 1.29 is 4.74 Å². The second kappa shape index (κ2) is 5.46. The van der Waals surface area contributed by atoms with Gasteiger partial charge in [-0.2, -0.15) is 0 Å². The van der Waals surface area contributed by atoms with Gasteiger partial charge in [0.2, 0.25) is 0 Å². The fraction of sp³-hybridized carbons (Fsp3) is 0.538. The van der Waals surface area contributed by atoms with Crippen LogP contribution in [0.1, 0.15) is 12.8 Å². The molecule has 1 fully saturated rings. The highest BCUT2D eigenvalue weighted by molar-refractivity contribution is 9.10. The molecule has 0 amide bonds. The number of hydrogen-bond donors (Lipinski definition) is 0. The largest absolute Gasteiger partial charge is 0.381 e. The monoisotopic (exact) mass is 324 g/mol. The van der Waals surface area contributed by atoms with E-state index in [9.17, 15) is 0 Å². The zero-order chi connectivity index (χ0) is 13.2. The van der Waals surface area contributed by atoms with Gasteiger partial charge in [-0.3, -0.25) is 0 Å². The normalized spacial score (nSPS) is 16.9. The van der Waals surface area contributed by atoms with E-state index in [-0.39, 0.29) is 0 Å². The summed E-state index contributed by atoms with van der Waals surface area (Å²) in [5.41, 5.74) is 0.901. The number of aromatic nitrogens is 3. The van der Waals surface area contributed by atoms with Crippen LogP contribution in [-0.2, 0) is 4.74 Å². The molecule has 2 aromatic rings. The molecule has 5 nitrogen and oxygen atoms in total. The van der Waals surface area contributed by atoms with Crippen molar-refractivity contribution in [1.82, 2.24) is 14.4 Å². The van der Waals surface area contributed by atoms with Gasteiger partial charge in [0, 0.05) is 45.4 Å². The molecule has 0 aliphatic carbocycles. The van der Waals surface area contributed by atoms with Crippen molar-refractivity contribution >= 4 is 27.4 Å². The van der Waals surface area contributed by atoms with E-state index in [4.69, 9.17) is 4.74 Å². The first-order valence-electron chi connectivity index (χ1n) is 6.52. The van der Waals surface area contributed by atoms with Gasteiger partial charge >= 0.3 is 0 Å². The van der Waals surface area contributed by atoms with Gasteiger partial charge in [0.15, 0.2) is 11.5 Å². The number of hydrogen-bond acceptors (Lipinski definition) is 4. The Morgan fingerprint density at radius 1 is 1.47 bits per heavy atom. The maximum Gasteiger partial charge on any atom is 0.180 e. The summed E-state index contributed by atoms with van der Waals surface area (Å²) in [4.78, 5) is 11.2. The molecule has 102 valence electrons. The first-order chi connectivity index (χ1) is 9.24. The molecular weight excluding hydrogens is 308 g/mol. The number of fused-ring (bicyclic) bond motifs is 1. The first-order valence-corrected chi connectivity index (χ1v) is 7.31. The third-order valence-electron chi connectivity index (χ3n) is 3.56. The Hall–Kier alpha value is -1.14. The molecule has 0 N–H and O–H groups in total. The first kappa shape index (κ1) is 12.9. The van der Waals surface area contributed by atoms with Crippen molar-refractivity contribution in [2.24, 2.45) is 5.92 Å². The van der Waals surface area contributed by atoms with Crippen LogP contribution in [0.25, 0.3) is 5.65 Å². The fourth-order valence-electron chi connectivity index (χ4n) is 2.54. The molecule has 0 unspecified atom stereocenters. The van der Waals surface area contributed by atoms with E-state index in [1.165, 1.54) is 0 Å². The number of halogens is 1. The molecule has 3 heterocycles. The minimum atomic E-state index is 0.676. The van der Waals surface area contributed by atoms with Crippen molar-refractivity contribution in [2.45, 2.75) is 12.8 Å². The predicted octanol–water partition coefficient (Wildman–Crippen LogP) is 2.35. The lowest BCUT2D eigenvalue weighted by Gasteiger charge is -2.27.